The lowest BCUT2D eigenvalue weighted by Gasteiger charge is -2.43. The van der Waals surface area contributed by atoms with E-state index in [0.29, 0.717) is 18.0 Å². The number of hydrogen-bond donors (Lipinski definition) is 0. The van der Waals surface area contributed by atoms with Gasteiger partial charge >= 0.3 is 0 Å². The van der Waals surface area contributed by atoms with E-state index in [9.17, 15) is 9.59 Å². The summed E-state index contributed by atoms with van der Waals surface area (Å²) in [7, 11) is 1.88. The molecule has 5 heteroatoms. The molecule has 1 aromatic heterocycles. The molecule has 1 aromatic carbocycles. The summed E-state index contributed by atoms with van der Waals surface area (Å²) in [5.41, 5.74) is 1.53. The summed E-state index contributed by atoms with van der Waals surface area (Å²) in [5, 5.41) is 2.02. The Balaban J connectivity index is 2.12. The Kier molecular flexibility index (Phi) is 6.55. The Morgan fingerprint density at radius 1 is 1.21 bits per heavy atom. The number of likely N-dealkylation sites (N-methyl/N-ethyl adjacent to an activating group) is 1. The van der Waals surface area contributed by atoms with Gasteiger partial charge in [-0.05, 0) is 35.4 Å². The van der Waals surface area contributed by atoms with Crippen molar-refractivity contribution in [2.24, 2.45) is 5.92 Å². The first-order valence-electron chi connectivity index (χ1n) is 10.1. The van der Waals surface area contributed by atoms with Crippen molar-refractivity contribution in [2.45, 2.75) is 45.6 Å². The Morgan fingerprint density at radius 3 is 2.61 bits per heavy atom. The summed E-state index contributed by atoms with van der Waals surface area (Å²) in [6, 6.07) is 11.4. The molecule has 0 spiro atoms. The average Bonchev–Trinajstić information content (AvgIpc) is 3.21. The van der Waals surface area contributed by atoms with Gasteiger partial charge in [-0.2, -0.15) is 0 Å². The van der Waals surface area contributed by atoms with Crippen LogP contribution in [0.4, 0.5) is 0 Å². The molecule has 2 aromatic rings. The maximum atomic E-state index is 13.6. The van der Waals surface area contributed by atoms with Gasteiger partial charge in [0.05, 0.1) is 12.0 Å². The highest BCUT2D eigenvalue weighted by molar-refractivity contribution is 7.10. The zero-order chi connectivity index (χ0) is 20.3. The van der Waals surface area contributed by atoms with Crippen LogP contribution in [0.3, 0.4) is 0 Å². The average molecular weight is 399 g/mol. The minimum absolute atomic E-state index is 0.0305. The number of fused-ring (bicyclic) bond motifs is 1. The van der Waals surface area contributed by atoms with Crippen LogP contribution in [0.1, 0.15) is 66.4 Å². The Morgan fingerprint density at radius 2 is 1.96 bits per heavy atom. The van der Waals surface area contributed by atoms with Crippen LogP contribution in [0.2, 0.25) is 0 Å². The van der Waals surface area contributed by atoms with Gasteiger partial charge in [0, 0.05) is 30.6 Å². The normalized spacial score (nSPS) is 19.0. The molecule has 2 amide bonds. The van der Waals surface area contributed by atoms with Crippen molar-refractivity contribution in [3.63, 3.8) is 0 Å². The number of carbonyl (C=O) groups is 2. The molecule has 0 fully saturated rings. The van der Waals surface area contributed by atoms with Crippen LogP contribution < -0.4 is 0 Å². The third-order valence-corrected chi connectivity index (χ3v) is 6.27. The number of thiophene rings is 1. The molecule has 0 saturated heterocycles. The van der Waals surface area contributed by atoms with Gasteiger partial charge < -0.3 is 9.80 Å². The molecular weight excluding hydrogens is 368 g/mol. The predicted octanol–water partition coefficient (Wildman–Crippen LogP) is 4.94. The van der Waals surface area contributed by atoms with Gasteiger partial charge in [-0.1, -0.05) is 51.5 Å². The largest absolute Gasteiger partial charge is 0.345 e. The molecule has 3 rings (SSSR count). The molecule has 2 heterocycles. The summed E-state index contributed by atoms with van der Waals surface area (Å²) in [6.45, 7) is 7.74. The van der Waals surface area contributed by atoms with E-state index >= 15 is 0 Å². The number of hydrogen-bond acceptors (Lipinski definition) is 3. The molecular formula is C23H30N2O2S. The van der Waals surface area contributed by atoms with Crippen molar-refractivity contribution in [3.8, 4) is 0 Å². The minimum atomic E-state index is -0.367. The van der Waals surface area contributed by atoms with Crippen molar-refractivity contribution in [2.75, 3.05) is 20.1 Å². The molecule has 2 unspecified atom stereocenters. The highest BCUT2D eigenvalue weighted by atomic mass is 32.1. The van der Waals surface area contributed by atoms with E-state index in [1.54, 1.807) is 11.3 Å². The fraction of sp³-hybridized carbons (Fsp3) is 0.478. The van der Waals surface area contributed by atoms with E-state index in [0.717, 1.165) is 29.8 Å². The van der Waals surface area contributed by atoms with E-state index in [2.05, 4.69) is 26.8 Å². The molecule has 0 saturated carbocycles. The van der Waals surface area contributed by atoms with Crippen LogP contribution in [-0.2, 0) is 4.79 Å². The number of nitrogens with zero attached hydrogens (tertiary/aromatic N) is 2. The molecule has 1 aliphatic heterocycles. The lowest BCUT2D eigenvalue weighted by atomic mass is 9.80. The molecule has 0 N–H and O–H groups in total. The second-order valence-electron chi connectivity index (χ2n) is 7.99. The summed E-state index contributed by atoms with van der Waals surface area (Å²) in [5.74, 6) is 0.0851. The molecule has 1 aliphatic rings. The summed E-state index contributed by atoms with van der Waals surface area (Å²) in [6.07, 6.45) is 2.03. The fourth-order valence-corrected chi connectivity index (χ4v) is 4.85. The summed E-state index contributed by atoms with van der Waals surface area (Å²) >= 11 is 1.62. The van der Waals surface area contributed by atoms with E-state index < -0.39 is 0 Å². The van der Waals surface area contributed by atoms with Gasteiger partial charge in [0.25, 0.3) is 5.91 Å². The molecule has 2 atom stereocenters. The number of rotatable bonds is 7. The van der Waals surface area contributed by atoms with Crippen molar-refractivity contribution in [1.82, 2.24) is 9.80 Å². The quantitative estimate of drug-likeness (QED) is 0.662. The van der Waals surface area contributed by atoms with Crippen LogP contribution >= 0.6 is 11.3 Å². The van der Waals surface area contributed by atoms with Gasteiger partial charge in [0.15, 0.2) is 0 Å². The van der Waals surface area contributed by atoms with Gasteiger partial charge in [-0.3, -0.25) is 9.59 Å². The maximum Gasteiger partial charge on any atom is 0.254 e. The van der Waals surface area contributed by atoms with Crippen LogP contribution in [0.25, 0.3) is 0 Å². The third-order valence-electron chi connectivity index (χ3n) is 5.32. The molecule has 150 valence electrons. The van der Waals surface area contributed by atoms with Crippen molar-refractivity contribution in [3.05, 3.63) is 57.8 Å². The van der Waals surface area contributed by atoms with Gasteiger partial charge in [0.1, 0.15) is 0 Å². The van der Waals surface area contributed by atoms with Gasteiger partial charge in [-0.25, -0.2) is 0 Å². The SMILES string of the molecule is CCCCN(C)C(=O)C1c2ccccc2C(=O)N(CC(C)C)C1c1cccs1. The monoisotopic (exact) mass is 398 g/mol. The fourth-order valence-electron chi connectivity index (χ4n) is 3.97. The Bertz CT molecular complexity index is 816. The number of carbonyl (C=O) groups excluding carboxylic acids is 2. The smallest absolute Gasteiger partial charge is 0.254 e. The van der Waals surface area contributed by atoms with Crippen LogP contribution in [0, 0.1) is 5.92 Å². The van der Waals surface area contributed by atoms with Crippen molar-refractivity contribution >= 4 is 23.2 Å². The zero-order valence-electron chi connectivity index (χ0n) is 17.2. The molecule has 0 bridgehead atoms. The Labute approximate surface area is 172 Å². The number of unbranched alkanes of at least 4 members (excludes halogenated alkanes) is 1. The standard InChI is InChI=1S/C23H30N2O2S/c1-5-6-13-24(4)23(27)20-17-10-7-8-11-18(17)22(26)25(15-16(2)3)21(20)19-12-9-14-28-19/h7-12,14,16,20-21H,5-6,13,15H2,1-4H3. The maximum absolute atomic E-state index is 13.6. The van der Waals surface area contributed by atoms with E-state index in [1.807, 2.05) is 52.6 Å². The molecule has 28 heavy (non-hydrogen) atoms. The van der Waals surface area contributed by atoms with Gasteiger partial charge in [-0.15, -0.1) is 11.3 Å². The summed E-state index contributed by atoms with van der Waals surface area (Å²) in [4.78, 5) is 31.8. The topological polar surface area (TPSA) is 40.6 Å². The minimum Gasteiger partial charge on any atom is -0.345 e. The lowest BCUT2D eigenvalue weighted by molar-refractivity contribution is -0.133. The highest BCUT2D eigenvalue weighted by Crippen LogP contribution is 2.45. The first-order chi connectivity index (χ1) is 13.5. The first kappa shape index (κ1) is 20.6. The van der Waals surface area contributed by atoms with Crippen LogP contribution in [-0.4, -0.2) is 41.8 Å². The van der Waals surface area contributed by atoms with Crippen molar-refractivity contribution in [1.29, 1.82) is 0 Å². The second kappa shape index (κ2) is 8.91. The highest BCUT2D eigenvalue weighted by Gasteiger charge is 2.45. The van der Waals surface area contributed by atoms with Gasteiger partial charge in [0.2, 0.25) is 5.91 Å². The second-order valence-corrected chi connectivity index (χ2v) is 8.97. The van der Waals surface area contributed by atoms with Crippen molar-refractivity contribution < 1.29 is 9.59 Å². The first-order valence-corrected chi connectivity index (χ1v) is 11.0. The third kappa shape index (κ3) is 4.00. The zero-order valence-corrected chi connectivity index (χ0v) is 18.0. The van der Waals surface area contributed by atoms with E-state index in [1.165, 1.54) is 0 Å². The number of benzene rings is 1. The lowest BCUT2D eigenvalue weighted by Crippen LogP contribution is -2.48. The Hall–Kier alpha value is -2.14. The number of amides is 2. The van der Waals surface area contributed by atoms with E-state index in [-0.39, 0.29) is 23.8 Å². The molecule has 0 radical (unpaired) electrons. The van der Waals surface area contributed by atoms with Crippen LogP contribution in [0.15, 0.2) is 41.8 Å². The summed E-state index contributed by atoms with van der Waals surface area (Å²) < 4.78 is 0. The van der Waals surface area contributed by atoms with E-state index in [4.69, 9.17) is 0 Å². The van der Waals surface area contributed by atoms with Crippen LogP contribution in [0.5, 0.6) is 0 Å². The molecule has 4 nitrogen and oxygen atoms in total. The molecule has 0 aliphatic carbocycles. The predicted molar refractivity (Wildman–Crippen MR) is 115 cm³/mol.